The SMILES string of the molecule is C=CCOC[C@H]1O[C@@H]2OC3(C(C)(C)C)O[C@@H]2[C@@H](OC)[C@@H]1O3. The quantitative estimate of drug-likeness (QED) is 0.566. The number of hydrogen-bond donors (Lipinski definition) is 0. The molecule has 0 radical (unpaired) electrons. The fraction of sp³-hybridized carbons (Fsp3) is 0.867. The zero-order chi connectivity index (χ0) is 15.3. The second-order valence-electron chi connectivity index (χ2n) is 6.66. The Bertz CT molecular complexity index is 405. The second-order valence-corrected chi connectivity index (χ2v) is 6.66. The molecule has 3 aliphatic rings. The molecule has 3 saturated heterocycles. The van der Waals surface area contributed by atoms with Crippen LogP contribution in [0.15, 0.2) is 12.7 Å². The molecule has 0 amide bonds. The maximum Gasteiger partial charge on any atom is 0.291 e. The Balaban J connectivity index is 1.82. The normalized spacial score (nSPS) is 45.0. The highest BCUT2D eigenvalue weighted by Crippen LogP contribution is 2.52. The van der Waals surface area contributed by atoms with E-state index in [1.807, 2.05) is 20.8 Å². The molecule has 6 nitrogen and oxygen atoms in total. The summed E-state index contributed by atoms with van der Waals surface area (Å²) >= 11 is 0. The zero-order valence-corrected chi connectivity index (χ0v) is 13.0. The van der Waals surface area contributed by atoms with Crippen LogP contribution in [0.2, 0.25) is 0 Å². The standard InChI is InChI=1S/C15H24O6/c1-6-7-17-8-9-10-11(16-5)12-13(18-9)21-15(19-10,20-12)14(2,3)4/h6,9-13H,1,7-8H2,2-5H3/t9-,10-,11+,12-,13-,15?/m1/s1. The molecule has 0 N–H and O–H groups in total. The Labute approximate surface area is 125 Å². The lowest BCUT2D eigenvalue weighted by molar-refractivity contribution is -0.429. The monoisotopic (exact) mass is 300 g/mol. The largest absolute Gasteiger partial charge is 0.376 e. The second kappa shape index (κ2) is 5.30. The van der Waals surface area contributed by atoms with Crippen LogP contribution in [-0.2, 0) is 28.4 Å². The molecule has 1 unspecified atom stereocenters. The van der Waals surface area contributed by atoms with Crippen LogP contribution >= 0.6 is 0 Å². The molecule has 6 atom stereocenters. The Morgan fingerprint density at radius 1 is 1.19 bits per heavy atom. The number of rotatable bonds is 5. The van der Waals surface area contributed by atoms with E-state index in [0.717, 1.165) is 0 Å². The zero-order valence-electron chi connectivity index (χ0n) is 13.0. The van der Waals surface area contributed by atoms with Gasteiger partial charge in [-0.3, -0.25) is 4.74 Å². The number of methoxy groups -OCH3 is 1. The molecule has 3 bridgehead atoms. The van der Waals surface area contributed by atoms with E-state index in [2.05, 4.69) is 6.58 Å². The summed E-state index contributed by atoms with van der Waals surface area (Å²) in [7, 11) is 1.65. The van der Waals surface area contributed by atoms with Crippen molar-refractivity contribution in [3.8, 4) is 0 Å². The van der Waals surface area contributed by atoms with E-state index in [4.69, 9.17) is 28.4 Å². The number of hydrogen-bond acceptors (Lipinski definition) is 6. The molecule has 0 spiro atoms. The van der Waals surface area contributed by atoms with Crippen LogP contribution in [0.4, 0.5) is 0 Å². The predicted molar refractivity (Wildman–Crippen MR) is 73.5 cm³/mol. The summed E-state index contributed by atoms with van der Waals surface area (Å²) in [5.41, 5.74) is -0.336. The molecule has 0 aromatic rings. The van der Waals surface area contributed by atoms with Gasteiger partial charge in [-0.1, -0.05) is 26.8 Å². The Morgan fingerprint density at radius 2 is 1.90 bits per heavy atom. The van der Waals surface area contributed by atoms with Crippen molar-refractivity contribution in [2.75, 3.05) is 20.3 Å². The Kier molecular flexibility index (Phi) is 3.88. The third-order valence-electron chi connectivity index (χ3n) is 4.15. The average molecular weight is 300 g/mol. The van der Waals surface area contributed by atoms with Gasteiger partial charge in [0.2, 0.25) is 0 Å². The summed E-state index contributed by atoms with van der Waals surface area (Å²) in [5.74, 6) is -1.09. The fourth-order valence-electron chi connectivity index (χ4n) is 3.04. The van der Waals surface area contributed by atoms with Gasteiger partial charge < -0.3 is 23.7 Å². The third kappa shape index (κ3) is 2.34. The highest BCUT2D eigenvalue weighted by Gasteiger charge is 2.69. The maximum absolute atomic E-state index is 6.17. The van der Waals surface area contributed by atoms with Gasteiger partial charge >= 0.3 is 0 Å². The first kappa shape index (κ1) is 15.4. The van der Waals surface area contributed by atoms with Crippen LogP contribution < -0.4 is 0 Å². The molecule has 6 heteroatoms. The molecule has 3 heterocycles. The summed E-state index contributed by atoms with van der Waals surface area (Å²) in [6.45, 7) is 10.6. The fourth-order valence-corrected chi connectivity index (χ4v) is 3.04. The predicted octanol–water partition coefficient (Wildman–Crippen LogP) is 1.44. The lowest BCUT2D eigenvalue weighted by Crippen LogP contribution is -2.64. The van der Waals surface area contributed by atoms with Crippen molar-refractivity contribution in [2.45, 2.75) is 57.5 Å². The minimum Gasteiger partial charge on any atom is -0.376 e. The van der Waals surface area contributed by atoms with Crippen LogP contribution in [0.5, 0.6) is 0 Å². The molecule has 120 valence electrons. The van der Waals surface area contributed by atoms with Crippen LogP contribution in [-0.4, -0.2) is 57.0 Å². The average Bonchev–Trinajstić information content (AvgIpc) is 2.63. The number of ether oxygens (including phenoxy) is 6. The van der Waals surface area contributed by atoms with Crippen molar-refractivity contribution >= 4 is 0 Å². The molecular weight excluding hydrogens is 276 g/mol. The third-order valence-corrected chi connectivity index (χ3v) is 4.15. The van der Waals surface area contributed by atoms with Crippen molar-refractivity contribution in [1.29, 1.82) is 0 Å². The summed E-state index contributed by atoms with van der Waals surface area (Å²) in [6.07, 6.45) is 0.186. The molecule has 3 rings (SSSR count). The van der Waals surface area contributed by atoms with E-state index in [1.165, 1.54) is 0 Å². The van der Waals surface area contributed by atoms with Crippen LogP contribution in [0, 0.1) is 5.41 Å². The van der Waals surface area contributed by atoms with Gasteiger partial charge in [-0.15, -0.1) is 6.58 Å². The highest BCUT2D eigenvalue weighted by atomic mass is 17.0. The van der Waals surface area contributed by atoms with Crippen LogP contribution in [0.3, 0.4) is 0 Å². The summed E-state index contributed by atoms with van der Waals surface area (Å²) in [4.78, 5) is 0. The summed E-state index contributed by atoms with van der Waals surface area (Å²) in [5, 5.41) is 0. The van der Waals surface area contributed by atoms with Gasteiger partial charge in [0.1, 0.15) is 24.4 Å². The molecule has 3 fully saturated rings. The van der Waals surface area contributed by atoms with E-state index in [-0.39, 0.29) is 29.8 Å². The molecule has 21 heavy (non-hydrogen) atoms. The molecule has 0 aromatic carbocycles. The first-order valence-corrected chi connectivity index (χ1v) is 7.32. The van der Waals surface area contributed by atoms with Gasteiger partial charge in [0.25, 0.3) is 5.97 Å². The highest BCUT2D eigenvalue weighted by molar-refractivity contribution is 5.03. The van der Waals surface area contributed by atoms with E-state index in [0.29, 0.717) is 13.2 Å². The van der Waals surface area contributed by atoms with Crippen molar-refractivity contribution < 1.29 is 28.4 Å². The lowest BCUT2D eigenvalue weighted by Gasteiger charge is -2.48. The minimum atomic E-state index is -1.09. The van der Waals surface area contributed by atoms with Gasteiger partial charge in [-0.25, -0.2) is 0 Å². The van der Waals surface area contributed by atoms with E-state index in [1.54, 1.807) is 13.2 Å². The van der Waals surface area contributed by atoms with Crippen molar-refractivity contribution in [1.82, 2.24) is 0 Å². The van der Waals surface area contributed by atoms with E-state index < -0.39 is 12.3 Å². The van der Waals surface area contributed by atoms with Gasteiger partial charge in [-0.05, 0) is 0 Å². The van der Waals surface area contributed by atoms with Crippen molar-refractivity contribution in [2.24, 2.45) is 5.41 Å². The van der Waals surface area contributed by atoms with Gasteiger partial charge in [0, 0.05) is 12.5 Å². The molecule has 3 aliphatic heterocycles. The first-order valence-electron chi connectivity index (χ1n) is 7.32. The smallest absolute Gasteiger partial charge is 0.291 e. The molecule has 0 saturated carbocycles. The van der Waals surface area contributed by atoms with Gasteiger partial charge in [-0.2, -0.15) is 0 Å². The summed E-state index contributed by atoms with van der Waals surface area (Å²) in [6, 6.07) is 0. The topological polar surface area (TPSA) is 55.4 Å². The first-order chi connectivity index (χ1) is 9.92. The van der Waals surface area contributed by atoms with Gasteiger partial charge in [0.05, 0.1) is 13.2 Å². The van der Waals surface area contributed by atoms with Crippen LogP contribution in [0.1, 0.15) is 20.8 Å². The van der Waals surface area contributed by atoms with Crippen molar-refractivity contribution in [3.63, 3.8) is 0 Å². The minimum absolute atomic E-state index is 0.223. The maximum atomic E-state index is 6.17. The molecule has 0 aromatic heterocycles. The van der Waals surface area contributed by atoms with Gasteiger partial charge in [0.15, 0.2) is 6.29 Å². The van der Waals surface area contributed by atoms with Crippen LogP contribution in [0.25, 0.3) is 0 Å². The van der Waals surface area contributed by atoms with Crippen molar-refractivity contribution in [3.05, 3.63) is 12.7 Å². The lowest BCUT2D eigenvalue weighted by atomic mass is 9.91. The Morgan fingerprint density at radius 3 is 2.52 bits per heavy atom. The van der Waals surface area contributed by atoms with E-state index in [9.17, 15) is 0 Å². The molecule has 0 aliphatic carbocycles. The number of fused-ring (bicyclic) bond motifs is 2. The molecular formula is C15H24O6. The summed E-state index contributed by atoms with van der Waals surface area (Å²) < 4.78 is 35.2. The Hall–Kier alpha value is -0.500. The van der Waals surface area contributed by atoms with E-state index >= 15 is 0 Å².